The van der Waals surface area contributed by atoms with Crippen LogP contribution in [0.15, 0.2) is 42.6 Å². The van der Waals surface area contributed by atoms with Crippen molar-refractivity contribution in [3.63, 3.8) is 0 Å². The van der Waals surface area contributed by atoms with Crippen LogP contribution in [0.1, 0.15) is 32.3 Å². The number of aromatic nitrogens is 3. The molecule has 5 rings (SSSR count). The summed E-state index contributed by atoms with van der Waals surface area (Å²) in [4.78, 5) is 21.7. The number of hydrogen-bond donors (Lipinski definition) is 4. The van der Waals surface area contributed by atoms with E-state index in [1.807, 2.05) is 41.3 Å². The third-order valence-corrected chi connectivity index (χ3v) is 6.87. The zero-order valence-corrected chi connectivity index (χ0v) is 20.6. The highest BCUT2D eigenvalue weighted by molar-refractivity contribution is 5.97. The third kappa shape index (κ3) is 4.90. The van der Waals surface area contributed by atoms with Gasteiger partial charge in [-0.2, -0.15) is 5.10 Å². The van der Waals surface area contributed by atoms with Gasteiger partial charge in [-0.3, -0.25) is 5.10 Å². The quantitative estimate of drug-likeness (QED) is 0.380. The Morgan fingerprint density at radius 3 is 2.69 bits per heavy atom. The second-order valence-corrected chi connectivity index (χ2v) is 9.34. The molecule has 0 bridgehead atoms. The molecule has 188 valence electrons. The summed E-state index contributed by atoms with van der Waals surface area (Å²) in [5.74, 6) is 2.08. The lowest BCUT2D eigenvalue weighted by Gasteiger charge is -2.35. The fourth-order valence-corrected chi connectivity index (χ4v) is 4.85. The topological polar surface area (TPSA) is 122 Å². The van der Waals surface area contributed by atoms with Crippen molar-refractivity contribution >= 4 is 35.4 Å². The van der Waals surface area contributed by atoms with Crippen molar-refractivity contribution in [3.8, 4) is 11.1 Å². The number of amides is 2. The van der Waals surface area contributed by atoms with Gasteiger partial charge in [0.05, 0.1) is 25.5 Å². The van der Waals surface area contributed by atoms with Gasteiger partial charge in [0, 0.05) is 42.7 Å². The number of pyridine rings is 1. The van der Waals surface area contributed by atoms with Crippen LogP contribution in [0.5, 0.6) is 0 Å². The first-order chi connectivity index (χ1) is 17.5. The maximum Gasteiger partial charge on any atom is 0.322 e. The van der Waals surface area contributed by atoms with Crippen LogP contribution >= 0.6 is 0 Å². The van der Waals surface area contributed by atoms with Crippen LogP contribution in [0.3, 0.4) is 0 Å². The van der Waals surface area contributed by atoms with Crippen molar-refractivity contribution in [2.45, 2.75) is 38.8 Å². The standard InChI is InChI=1S/C26H32N8O2/c1-17-4-3-11-34(17)26(35)29-20-7-5-19(6-8-20)21-14-24(33-12-13-36-16-18(33)2)31-25(22(21)15-27)30-23-9-10-28-32-23/h5-10,14-15,17-18,27H,3-4,11-13,16H2,1-2H3,(H,29,35)(H2,28,30,31,32)/t17?,18-/m1/s1. The number of ether oxygens (including phenoxy) is 1. The molecule has 2 saturated heterocycles. The van der Waals surface area contributed by atoms with Gasteiger partial charge in [-0.05, 0) is 56.0 Å². The molecule has 36 heavy (non-hydrogen) atoms. The first kappa shape index (κ1) is 23.8. The van der Waals surface area contributed by atoms with Crippen LogP contribution in [0.2, 0.25) is 0 Å². The molecule has 2 fully saturated rings. The Morgan fingerprint density at radius 1 is 1.19 bits per heavy atom. The van der Waals surface area contributed by atoms with Gasteiger partial charge in [-0.15, -0.1) is 0 Å². The smallest absolute Gasteiger partial charge is 0.322 e. The third-order valence-electron chi connectivity index (χ3n) is 6.87. The molecule has 4 N–H and O–H groups in total. The molecule has 2 aliphatic heterocycles. The fraction of sp³-hybridized carbons (Fsp3) is 0.385. The molecule has 2 amide bonds. The number of likely N-dealkylation sites (tertiary alicyclic amines) is 1. The van der Waals surface area contributed by atoms with Crippen molar-refractivity contribution in [2.75, 3.05) is 41.8 Å². The van der Waals surface area contributed by atoms with E-state index in [0.717, 1.165) is 48.6 Å². The normalized spacial score (nSPS) is 19.8. The monoisotopic (exact) mass is 488 g/mol. The summed E-state index contributed by atoms with van der Waals surface area (Å²) in [7, 11) is 0. The average Bonchev–Trinajstić information content (AvgIpc) is 3.56. The number of carbonyl (C=O) groups is 1. The predicted octanol–water partition coefficient (Wildman–Crippen LogP) is 4.45. The number of benzene rings is 1. The van der Waals surface area contributed by atoms with E-state index in [1.54, 1.807) is 6.20 Å². The predicted molar refractivity (Wildman–Crippen MR) is 141 cm³/mol. The summed E-state index contributed by atoms with van der Waals surface area (Å²) in [6.07, 6.45) is 5.07. The lowest BCUT2D eigenvalue weighted by Crippen LogP contribution is -2.44. The highest BCUT2D eigenvalue weighted by Crippen LogP contribution is 2.34. The number of hydrogen-bond acceptors (Lipinski definition) is 7. The molecule has 0 spiro atoms. The number of H-pyrrole nitrogens is 1. The van der Waals surface area contributed by atoms with E-state index in [9.17, 15) is 4.79 Å². The molecule has 4 heterocycles. The van der Waals surface area contributed by atoms with Crippen LogP contribution in [0, 0.1) is 5.41 Å². The van der Waals surface area contributed by atoms with Gasteiger partial charge in [0.1, 0.15) is 17.5 Å². The minimum atomic E-state index is -0.0634. The largest absolute Gasteiger partial charge is 0.377 e. The molecular weight excluding hydrogens is 456 g/mol. The molecule has 10 heteroatoms. The molecule has 1 unspecified atom stereocenters. The van der Waals surface area contributed by atoms with Crippen LogP contribution in [0.25, 0.3) is 11.1 Å². The van der Waals surface area contributed by atoms with Crippen molar-refractivity contribution in [2.24, 2.45) is 0 Å². The van der Waals surface area contributed by atoms with Crippen molar-refractivity contribution < 1.29 is 9.53 Å². The molecule has 0 saturated carbocycles. The highest BCUT2D eigenvalue weighted by Gasteiger charge is 2.26. The van der Waals surface area contributed by atoms with Gasteiger partial charge < -0.3 is 30.6 Å². The number of rotatable bonds is 6. The Labute approximate surface area is 210 Å². The van der Waals surface area contributed by atoms with Crippen molar-refractivity contribution in [1.29, 1.82) is 5.41 Å². The Morgan fingerprint density at radius 2 is 2.03 bits per heavy atom. The Hall–Kier alpha value is -3.92. The van der Waals surface area contributed by atoms with Gasteiger partial charge in [0.25, 0.3) is 0 Å². The van der Waals surface area contributed by atoms with Gasteiger partial charge in [-0.1, -0.05) is 12.1 Å². The van der Waals surface area contributed by atoms with Crippen molar-refractivity contribution in [1.82, 2.24) is 20.1 Å². The Kier molecular flexibility index (Phi) is 6.86. The summed E-state index contributed by atoms with van der Waals surface area (Å²) >= 11 is 0. The molecule has 0 radical (unpaired) electrons. The number of anilines is 4. The first-order valence-corrected chi connectivity index (χ1v) is 12.4. The summed E-state index contributed by atoms with van der Waals surface area (Å²) < 4.78 is 5.62. The van der Waals surface area contributed by atoms with E-state index in [0.29, 0.717) is 30.4 Å². The molecule has 3 aromatic rings. The van der Waals surface area contributed by atoms with Crippen LogP contribution in [0.4, 0.5) is 27.9 Å². The van der Waals surface area contributed by atoms with E-state index in [1.165, 1.54) is 6.21 Å². The number of aromatic amines is 1. The molecule has 1 aromatic carbocycles. The minimum absolute atomic E-state index is 0.0634. The second kappa shape index (κ2) is 10.4. The second-order valence-electron chi connectivity index (χ2n) is 9.34. The minimum Gasteiger partial charge on any atom is -0.377 e. The molecule has 10 nitrogen and oxygen atoms in total. The van der Waals surface area contributed by atoms with Crippen LogP contribution < -0.4 is 15.5 Å². The zero-order chi connectivity index (χ0) is 25.1. The van der Waals surface area contributed by atoms with Gasteiger partial charge in [0.15, 0.2) is 0 Å². The van der Waals surface area contributed by atoms with Crippen molar-refractivity contribution in [3.05, 3.63) is 48.2 Å². The van der Waals surface area contributed by atoms with E-state index in [-0.39, 0.29) is 18.1 Å². The maximum absolute atomic E-state index is 12.7. The summed E-state index contributed by atoms with van der Waals surface area (Å²) in [5, 5.41) is 21.4. The van der Waals surface area contributed by atoms with E-state index in [4.69, 9.17) is 15.1 Å². The summed E-state index contributed by atoms with van der Waals surface area (Å²) in [6.45, 7) is 7.00. The highest BCUT2D eigenvalue weighted by atomic mass is 16.5. The summed E-state index contributed by atoms with van der Waals surface area (Å²) in [6, 6.07) is 12.0. The zero-order valence-electron chi connectivity index (χ0n) is 20.6. The lowest BCUT2D eigenvalue weighted by molar-refractivity contribution is 0.0985. The molecule has 2 atom stereocenters. The lowest BCUT2D eigenvalue weighted by atomic mass is 10.00. The fourth-order valence-electron chi connectivity index (χ4n) is 4.85. The van der Waals surface area contributed by atoms with Gasteiger partial charge in [-0.25, -0.2) is 9.78 Å². The number of morpholine rings is 1. The molecule has 2 aromatic heterocycles. The summed E-state index contributed by atoms with van der Waals surface area (Å²) in [5.41, 5.74) is 3.21. The molecule has 2 aliphatic rings. The molecular formula is C26H32N8O2. The number of nitrogens with zero attached hydrogens (tertiary/aromatic N) is 4. The average molecular weight is 489 g/mol. The van der Waals surface area contributed by atoms with Gasteiger partial charge >= 0.3 is 6.03 Å². The number of carbonyl (C=O) groups excluding carboxylic acids is 1. The van der Waals surface area contributed by atoms with Crippen LogP contribution in [-0.4, -0.2) is 70.7 Å². The maximum atomic E-state index is 12.7. The molecule has 0 aliphatic carbocycles. The number of urea groups is 1. The van der Waals surface area contributed by atoms with Crippen LogP contribution in [-0.2, 0) is 4.74 Å². The van der Waals surface area contributed by atoms with Gasteiger partial charge in [0.2, 0.25) is 0 Å². The van der Waals surface area contributed by atoms with E-state index >= 15 is 0 Å². The Bertz CT molecular complexity index is 1210. The SMILES string of the molecule is CC1CCCN1C(=O)Nc1ccc(-c2cc(N3CCOC[C@H]3C)nc(Nc3ccn[nH]3)c2C=N)cc1. The number of nitrogens with one attached hydrogen (secondary N) is 4. The first-order valence-electron chi connectivity index (χ1n) is 12.4. The van der Waals surface area contributed by atoms with E-state index < -0.39 is 0 Å². The Balaban J connectivity index is 1.48. The van der Waals surface area contributed by atoms with E-state index in [2.05, 4.69) is 39.6 Å².